The molecular formula is C20H17ClFNO5. The number of ether oxygens (including phenoxy) is 3. The maximum atomic E-state index is 13.4. The highest BCUT2D eigenvalue weighted by molar-refractivity contribution is 6.31. The minimum atomic E-state index is -0.833. The molecule has 1 atom stereocenters. The van der Waals surface area contributed by atoms with Crippen LogP contribution in [0.25, 0.3) is 0 Å². The van der Waals surface area contributed by atoms with Crippen molar-refractivity contribution in [1.29, 1.82) is 0 Å². The number of rotatable bonds is 5. The summed E-state index contributed by atoms with van der Waals surface area (Å²) in [6, 6.07) is 9.46. The van der Waals surface area contributed by atoms with Crippen molar-refractivity contribution in [1.82, 2.24) is 4.90 Å². The van der Waals surface area contributed by atoms with Crippen molar-refractivity contribution in [2.75, 3.05) is 6.79 Å². The van der Waals surface area contributed by atoms with E-state index in [2.05, 4.69) is 0 Å². The molecule has 2 aliphatic heterocycles. The third kappa shape index (κ3) is 3.75. The van der Waals surface area contributed by atoms with Gasteiger partial charge in [-0.3, -0.25) is 9.59 Å². The first-order valence-corrected chi connectivity index (χ1v) is 9.19. The molecular weight excluding hydrogens is 389 g/mol. The molecule has 4 rings (SSSR count). The molecule has 0 unspecified atom stereocenters. The molecule has 1 fully saturated rings. The summed E-state index contributed by atoms with van der Waals surface area (Å²) in [6.45, 7) is 0.452. The lowest BCUT2D eigenvalue weighted by molar-refractivity contribution is -0.153. The SMILES string of the molecule is O=C1CC[C@@H](C(=O)N(Cc2ccc(F)cc2Cl)Cc2cccc3c2OCO3)O1. The standard InChI is InChI=1S/C20H17ClFNO5/c21-15-8-14(22)5-4-12(15)9-23(20(25)17-6-7-18(24)28-17)10-13-2-1-3-16-19(13)27-11-26-16/h1-5,8,17H,6-7,9-11H2/t17-/m0/s1. The molecule has 2 aromatic rings. The van der Waals surface area contributed by atoms with Crippen LogP contribution in [0.15, 0.2) is 36.4 Å². The van der Waals surface area contributed by atoms with Gasteiger partial charge in [0.1, 0.15) is 5.82 Å². The van der Waals surface area contributed by atoms with E-state index in [1.54, 1.807) is 6.07 Å². The van der Waals surface area contributed by atoms with Gasteiger partial charge in [-0.25, -0.2) is 4.39 Å². The van der Waals surface area contributed by atoms with Gasteiger partial charge in [0.2, 0.25) is 6.79 Å². The van der Waals surface area contributed by atoms with Gasteiger partial charge in [0.15, 0.2) is 17.6 Å². The first-order valence-electron chi connectivity index (χ1n) is 8.81. The molecule has 28 heavy (non-hydrogen) atoms. The minimum absolute atomic E-state index is 0.115. The summed E-state index contributed by atoms with van der Waals surface area (Å²) in [5.74, 6) is 0.00640. The number of hydrogen-bond acceptors (Lipinski definition) is 5. The molecule has 0 radical (unpaired) electrons. The molecule has 2 aliphatic rings. The Kier molecular flexibility index (Phi) is 5.09. The highest BCUT2D eigenvalue weighted by Crippen LogP contribution is 2.36. The number of carbonyl (C=O) groups is 2. The van der Waals surface area contributed by atoms with Crippen molar-refractivity contribution in [2.24, 2.45) is 0 Å². The summed E-state index contributed by atoms with van der Waals surface area (Å²) < 4.78 is 29.4. The molecule has 1 amide bonds. The second-order valence-electron chi connectivity index (χ2n) is 6.60. The first-order chi connectivity index (χ1) is 13.5. The lowest BCUT2D eigenvalue weighted by Crippen LogP contribution is -2.38. The Morgan fingerprint density at radius 2 is 2.00 bits per heavy atom. The second-order valence-corrected chi connectivity index (χ2v) is 7.01. The molecule has 0 aliphatic carbocycles. The monoisotopic (exact) mass is 405 g/mol. The van der Waals surface area contributed by atoms with Crippen LogP contribution in [0.5, 0.6) is 11.5 Å². The maximum absolute atomic E-state index is 13.4. The number of carbonyl (C=O) groups excluding carboxylic acids is 2. The number of amides is 1. The molecule has 0 aromatic heterocycles. The third-order valence-electron chi connectivity index (χ3n) is 4.69. The Labute approximate surface area is 165 Å². The van der Waals surface area contributed by atoms with Gasteiger partial charge in [-0.1, -0.05) is 29.8 Å². The summed E-state index contributed by atoms with van der Waals surface area (Å²) in [4.78, 5) is 26.0. The number of esters is 1. The number of halogens is 2. The van der Waals surface area contributed by atoms with Crippen molar-refractivity contribution in [2.45, 2.75) is 32.0 Å². The summed E-state index contributed by atoms with van der Waals surface area (Å²) in [5, 5.41) is 0.221. The fourth-order valence-electron chi connectivity index (χ4n) is 3.29. The third-order valence-corrected chi connectivity index (χ3v) is 5.04. The normalized spacial score (nSPS) is 17.5. The zero-order chi connectivity index (χ0) is 19.7. The van der Waals surface area contributed by atoms with Gasteiger partial charge < -0.3 is 19.1 Å². The van der Waals surface area contributed by atoms with E-state index in [1.807, 2.05) is 12.1 Å². The molecule has 0 spiro atoms. The summed E-state index contributed by atoms with van der Waals surface area (Å²) in [7, 11) is 0. The highest BCUT2D eigenvalue weighted by atomic mass is 35.5. The Hall–Kier alpha value is -2.80. The summed E-state index contributed by atoms with van der Waals surface area (Å²) in [5.41, 5.74) is 1.34. The largest absolute Gasteiger partial charge is 0.454 e. The number of cyclic esters (lactones) is 1. The van der Waals surface area contributed by atoms with E-state index in [1.165, 1.54) is 23.1 Å². The predicted octanol–water partition coefficient (Wildman–Crippen LogP) is 3.44. The van der Waals surface area contributed by atoms with E-state index < -0.39 is 17.9 Å². The zero-order valence-electron chi connectivity index (χ0n) is 14.8. The fourth-order valence-corrected chi connectivity index (χ4v) is 3.52. The van der Waals surface area contributed by atoms with Crippen LogP contribution in [-0.2, 0) is 27.4 Å². The molecule has 0 N–H and O–H groups in total. The van der Waals surface area contributed by atoms with Crippen LogP contribution in [0.3, 0.4) is 0 Å². The molecule has 0 saturated carbocycles. The average Bonchev–Trinajstić information content (AvgIpc) is 3.32. The second kappa shape index (κ2) is 7.67. The van der Waals surface area contributed by atoms with E-state index in [9.17, 15) is 14.0 Å². The van der Waals surface area contributed by atoms with E-state index in [0.717, 1.165) is 5.56 Å². The first kappa shape index (κ1) is 18.6. The zero-order valence-corrected chi connectivity index (χ0v) is 15.6. The molecule has 146 valence electrons. The average molecular weight is 406 g/mol. The number of benzene rings is 2. The predicted molar refractivity (Wildman–Crippen MR) is 97.3 cm³/mol. The van der Waals surface area contributed by atoms with Gasteiger partial charge in [0.25, 0.3) is 5.91 Å². The molecule has 8 heteroatoms. The molecule has 0 bridgehead atoms. The van der Waals surface area contributed by atoms with Gasteiger partial charge in [0, 0.05) is 36.5 Å². The fraction of sp³-hybridized carbons (Fsp3) is 0.300. The molecule has 2 heterocycles. The van der Waals surface area contributed by atoms with Crippen LogP contribution in [0.4, 0.5) is 4.39 Å². The van der Waals surface area contributed by atoms with E-state index in [4.69, 9.17) is 25.8 Å². The van der Waals surface area contributed by atoms with Gasteiger partial charge in [-0.05, 0) is 23.8 Å². The molecule has 2 aromatic carbocycles. The van der Waals surface area contributed by atoms with Crippen LogP contribution in [0.1, 0.15) is 24.0 Å². The number of para-hydroxylation sites is 1. The Morgan fingerprint density at radius 3 is 2.75 bits per heavy atom. The lowest BCUT2D eigenvalue weighted by atomic mass is 10.1. The van der Waals surface area contributed by atoms with Crippen molar-refractivity contribution in [3.05, 3.63) is 58.4 Å². The highest BCUT2D eigenvalue weighted by Gasteiger charge is 2.34. The van der Waals surface area contributed by atoms with Gasteiger partial charge in [0.05, 0.1) is 0 Å². The topological polar surface area (TPSA) is 65.1 Å². The van der Waals surface area contributed by atoms with Gasteiger partial charge >= 0.3 is 5.97 Å². The number of nitrogens with zero attached hydrogens (tertiary/aromatic N) is 1. The van der Waals surface area contributed by atoms with Gasteiger partial charge in [-0.2, -0.15) is 0 Å². The van der Waals surface area contributed by atoms with Crippen molar-refractivity contribution in [3.8, 4) is 11.5 Å². The van der Waals surface area contributed by atoms with Crippen LogP contribution >= 0.6 is 11.6 Å². The van der Waals surface area contributed by atoms with Crippen LogP contribution < -0.4 is 9.47 Å². The smallest absolute Gasteiger partial charge is 0.306 e. The van der Waals surface area contributed by atoms with Crippen LogP contribution in [0, 0.1) is 5.82 Å². The Morgan fingerprint density at radius 1 is 1.18 bits per heavy atom. The maximum Gasteiger partial charge on any atom is 0.306 e. The van der Waals surface area contributed by atoms with Crippen molar-refractivity contribution >= 4 is 23.5 Å². The Bertz CT molecular complexity index is 935. The molecule has 1 saturated heterocycles. The van der Waals surface area contributed by atoms with E-state index >= 15 is 0 Å². The molecule has 6 nitrogen and oxygen atoms in total. The summed E-state index contributed by atoms with van der Waals surface area (Å²) >= 11 is 6.15. The minimum Gasteiger partial charge on any atom is -0.454 e. The van der Waals surface area contributed by atoms with Crippen LogP contribution in [-0.4, -0.2) is 29.7 Å². The van der Waals surface area contributed by atoms with Crippen molar-refractivity contribution < 1.29 is 28.2 Å². The Balaban J connectivity index is 1.62. The van der Waals surface area contributed by atoms with E-state index in [0.29, 0.717) is 23.5 Å². The van der Waals surface area contributed by atoms with Crippen molar-refractivity contribution in [3.63, 3.8) is 0 Å². The van der Waals surface area contributed by atoms with Gasteiger partial charge in [-0.15, -0.1) is 0 Å². The number of hydrogen-bond donors (Lipinski definition) is 0. The lowest BCUT2D eigenvalue weighted by Gasteiger charge is -2.26. The summed E-state index contributed by atoms with van der Waals surface area (Å²) in [6.07, 6.45) is -0.294. The van der Waals surface area contributed by atoms with E-state index in [-0.39, 0.29) is 37.2 Å². The quantitative estimate of drug-likeness (QED) is 0.713. The van der Waals surface area contributed by atoms with Crippen LogP contribution in [0.2, 0.25) is 5.02 Å². The number of fused-ring (bicyclic) bond motifs is 1.